The second-order valence-electron chi connectivity index (χ2n) is 3.13. The second kappa shape index (κ2) is 3.81. The summed E-state index contributed by atoms with van der Waals surface area (Å²) in [5, 5.41) is 12.0. The van der Waals surface area contributed by atoms with Crippen LogP contribution in [0.5, 0.6) is 0 Å². The third kappa shape index (κ3) is 2.02. The van der Waals surface area contributed by atoms with Gasteiger partial charge in [-0.15, -0.1) is 0 Å². The van der Waals surface area contributed by atoms with Gasteiger partial charge in [0.2, 0.25) is 0 Å². The first kappa shape index (κ1) is 10.1. The van der Waals surface area contributed by atoms with Crippen molar-refractivity contribution in [3.05, 3.63) is 29.8 Å². The minimum Gasteiger partial charge on any atom is -0.394 e. The van der Waals surface area contributed by atoms with E-state index in [2.05, 4.69) is 10.3 Å². The number of nitrogens with one attached hydrogen (secondary N) is 1. The van der Waals surface area contributed by atoms with E-state index >= 15 is 0 Å². The number of halogens is 1. The Balaban J connectivity index is 3.05. The molecule has 3 nitrogen and oxygen atoms in total. The highest BCUT2D eigenvalue weighted by Gasteiger charge is 2.23. The van der Waals surface area contributed by atoms with Gasteiger partial charge in [0.25, 0.3) is 0 Å². The monoisotopic (exact) mass is 184 g/mol. The molecule has 0 saturated carbocycles. The lowest BCUT2D eigenvalue weighted by Crippen LogP contribution is -2.40. The van der Waals surface area contributed by atoms with Gasteiger partial charge in [-0.05, 0) is 25.6 Å². The van der Waals surface area contributed by atoms with Crippen molar-refractivity contribution < 1.29 is 9.50 Å². The fraction of sp³-hybridized carbons (Fsp3) is 0.444. The highest BCUT2D eigenvalue weighted by Crippen LogP contribution is 2.18. The molecule has 1 rings (SSSR count). The number of likely N-dealkylation sites (N-methyl/N-ethyl adjacent to an activating group) is 1. The van der Waals surface area contributed by atoms with Crippen molar-refractivity contribution in [2.75, 3.05) is 13.7 Å². The van der Waals surface area contributed by atoms with Gasteiger partial charge >= 0.3 is 0 Å². The molecule has 72 valence electrons. The number of aliphatic hydroxyl groups is 1. The van der Waals surface area contributed by atoms with E-state index in [1.54, 1.807) is 14.0 Å². The molecule has 0 saturated heterocycles. The first-order valence-corrected chi connectivity index (χ1v) is 4.03. The number of hydrogen-bond donors (Lipinski definition) is 2. The Bertz CT molecular complexity index is 287. The van der Waals surface area contributed by atoms with Gasteiger partial charge in [-0.1, -0.05) is 0 Å². The lowest BCUT2D eigenvalue weighted by Gasteiger charge is -2.26. The van der Waals surface area contributed by atoms with Crippen molar-refractivity contribution in [3.63, 3.8) is 0 Å². The summed E-state index contributed by atoms with van der Waals surface area (Å²) in [7, 11) is 1.71. The zero-order valence-electron chi connectivity index (χ0n) is 7.71. The molecule has 1 atom stereocenters. The van der Waals surface area contributed by atoms with Gasteiger partial charge < -0.3 is 10.4 Å². The van der Waals surface area contributed by atoms with Gasteiger partial charge in [0.15, 0.2) is 0 Å². The Morgan fingerprint density at radius 1 is 1.62 bits per heavy atom. The molecule has 0 aromatic carbocycles. The summed E-state index contributed by atoms with van der Waals surface area (Å²) in [5.41, 5.74) is 0.00671. The predicted molar refractivity (Wildman–Crippen MR) is 47.7 cm³/mol. The normalized spacial score (nSPS) is 15.4. The van der Waals surface area contributed by atoms with E-state index in [-0.39, 0.29) is 6.61 Å². The van der Waals surface area contributed by atoms with E-state index in [9.17, 15) is 4.39 Å². The minimum absolute atomic E-state index is 0.103. The summed E-state index contributed by atoms with van der Waals surface area (Å²) in [6, 6.07) is 1.36. The van der Waals surface area contributed by atoms with Crippen molar-refractivity contribution in [1.29, 1.82) is 0 Å². The fourth-order valence-electron chi connectivity index (χ4n) is 1.03. The van der Waals surface area contributed by atoms with Crippen LogP contribution in [0.25, 0.3) is 0 Å². The van der Waals surface area contributed by atoms with Crippen LogP contribution in [-0.4, -0.2) is 23.7 Å². The molecule has 0 aliphatic rings. The highest BCUT2D eigenvalue weighted by atomic mass is 19.1. The molecule has 1 heterocycles. The van der Waals surface area contributed by atoms with Crippen LogP contribution in [0.4, 0.5) is 4.39 Å². The molecular weight excluding hydrogens is 171 g/mol. The average Bonchev–Trinajstić information content (AvgIpc) is 2.17. The SMILES string of the molecule is CNC(C)(CO)c1cncc(F)c1. The zero-order valence-corrected chi connectivity index (χ0v) is 7.71. The van der Waals surface area contributed by atoms with Gasteiger partial charge in [-0.3, -0.25) is 4.98 Å². The van der Waals surface area contributed by atoms with Crippen molar-refractivity contribution in [2.45, 2.75) is 12.5 Å². The summed E-state index contributed by atoms with van der Waals surface area (Å²) in [4.78, 5) is 3.72. The van der Waals surface area contributed by atoms with Crippen molar-refractivity contribution in [2.24, 2.45) is 0 Å². The fourth-order valence-corrected chi connectivity index (χ4v) is 1.03. The molecule has 0 aliphatic carbocycles. The molecule has 0 spiro atoms. The van der Waals surface area contributed by atoms with Crippen molar-refractivity contribution >= 4 is 0 Å². The van der Waals surface area contributed by atoms with E-state index in [1.165, 1.54) is 12.3 Å². The Kier molecular flexibility index (Phi) is 2.95. The zero-order chi connectivity index (χ0) is 9.90. The molecule has 0 aliphatic heterocycles. The summed E-state index contributed by atoms with van der Waals surface area (Å²) in [6.07, 6.45) is 2.67. The van der Waals surface area contributed by atoms with Gasteiger partial charge in [0, 0.05) is 6.20 Å². The standard InChI is InChI=1S/C9H13FN2O/c1-9(6-13,11-2)7-3-8(10)5-12-4-7/h3-5,11,13H,6H2,1-2H3. The maximum atomic E-state index is 12.8. The van der Waals surface area contributed by atoms with Crippen LogP contribution in [0, 0.1) is 5.82 Å². The Morgan fingerprint density at radius 2 is 2.31 bits per heavy atom. The largest absolute Gasteiger partial charge is 0.394 e. The van der Waals surface area contributed by atoms with E-state index in [0.29, 0.717) is 5.56 Å². The van der Waals surface area contributed by atoms with Gasteiger partial charge in [0.05, 0.1) is 18.3 Å². The van der Waals surface area contributed by atoms with Crippen molar-refractivity contribution in [3.8, 4) is 0 Å². The average molecular weight is 184 g/mol. The number of aliphatic hydroxyl groups excluding tert-OH is 1. The molecule has 1 aromatic heterocycles. The third-order valence-corrected chi connectivity index (χ3v) is 2.21. The number of nitrogens with zero attached hydrogens (tertiary/aromatic N) is 1. The molecule has 0 radical (unpaired) electrons. The molecule has 1 unspecified atom stereocenters. The maximum absolute atomic E-state index is 12.8. The summed E-state index contributed by atoms with van der Waals surface area (Å²) < 4.78 is 12.8. The van der Waals surface area contributed by atoms with E-state index < -0.39 is 11.4 Å². The predicted octanol–water partition coefficient (Wildman–Crippen LogP) is 0.648. The molecule has 0 fully saturated rings. The van der Waals surface area contributed by atoms with Gasteiger partial charge in [-0.2, -0.15) is 0 Å². The van der Waals surface area contributed by atoms with Crippen LogP contribution in [0.2, 0.25) is 0 Å². The van der Waals surface area contributed by atoms with Crippen LogP contribution in [-0.2, 0) is 5.54 Å². The van der Waals surface area contributed by atoms with E-state index in [0.717, 1.165) is 6.20 Å². The second-order valence-corrected chi connectivity index (χ2v) is 3.13. The Labute approximate surface area is 76.6 Å². The van der Waals surface area contributed by atoms with Gasteiger partial charge in [0.1, 0.15) is 5.82 Å². The lowest BCUT2D eigenvalue weighted by atomic mass is 9.95. The summed E-state index contributed by atoms with van der Waals surface area (Å²) in [6.45, 7) is 1.68. The summed E-state index contributed by atoms with van der Waals surface area (Å²) in [5.74, 6) is -0.396. The van der Waals surface area contributed by atoms with Crippen LogP contribution >= 0.6 is 0 Å². The molecule has 1 aromatic rings. The molecule has 0 amide bonds. The molecule has 4 heteroatoms. The lowest BCUT2D eigenvalue weighted by molar-refractivity contribution is 0.183. The van der Waals surface area contributed by atoms with Crippen LogP contribution < -0.4 is 5.32 Å². The van der Waals surface area contributed by atoms with Gasteiger partial charge in [-0.25, -0.2) is 4.39 Å². The van der Waals surface area contributed by atoms with Crippen LogP contribution in [0.15, 0.2) is 18.5 Å². The van der Waals surface area contributed by atoms with Crippen LogP contribution in [0.3, 0.4) is 0 Å². The molecular formula is C9H13FN2O. The first-order chi connectivity index (χ1) is 6.12. The first-order valence-electron chi connectivity index (χ1n) is 4.03. The highest BCUT2D eigenvalue weighted by molar-refractivity contribution is 5.20. The Morgan fingerprint density at radius 3 is 2.77 bits per heavy atom. The quantitative estimate of drug-likeness (QED) is 0.725. The number of aromatic nitrogens is 1. The maximum Gasteiger partial charge on any atom is 0.141 e. The number of hydrogen-bond acceptors (Lipinski definition) is 3. The smallest absolute Gasteiger partial charge is 0.141 e. The van der Waals surface area contributed by atoms with E-state index in [4.69, 9.17) is 5.11 Å². The minimum atomic E-state index is -0.630. The Hall–Kier alpha value is -1.00. The number of rotatable bonds is 3. The van der Waals surface area contributed by atoms with Crippen molar-refractivity contribution in [1.82, 2.24) is 10.3 Å². The molecule has 2 N–H and O–H groups in total. The molecule has 13 heavy (non-hydrogen) atoms. The van der Waals surface area contributed by atoms with Crippen LogP contribution in [0.1, 0.15) is 12.5 Å². The third-order valence-electron chi connectivity index (χ3n) is 2.21. The summed E-state index contributed by atoms with van der Waals surface area (Å²) >= 11 is 0. The van der Waals surface area contributed by atoms with E-state index in [1.807, 2.05) is 0 Å². The molecule has 0 bridgehead atoms. The topological polar surface area (TPSA) is 45.1 Å². The number of pyridine rings is 1.